The summed E-state index contributed by atoms with van der Waals surface area (Å²) in [7, 11) is 2.00. The van der Waals surface area contributed by atoms with Crippen molar-refractivity contribution < 1.29 is 14.4 Å². The lowest BCUT2D eigenvalue weighted by molar-refractivity contribution is -0.709. The number of quaternary nitrogens is 1. The highest BCUT2D eigenvalue weighted by Crippen LogP contribution is 2.37. The van der Waals surface area contributed by atoms with Crippen molar-refractivity contribution in [2.24, 2.45) is 9.98 Å². The number of halogens is 1. The Morgan fingerprint density at radius 2 is 2.42 bits per heavy atom. The molecule has 7 heteroatoms. The first-order valence-electron chi connectivity index (χ1n) is 6.10. The van der Waals surface area contributed by atoms with Crippen LogP contribution in [0, 0.1) is 0 Å². The zero-order chi connectivity index (χ0) is 13.6. The molecule has 1 fully saturated rings. The van der Waals surface area contributed by atoms with E-state index in [1.54, 1.807) is 12.4 Å². The van der Waals surface area contributed by atoms with Crippen molar-refractivity contribution in [2.45, 2.75) is 18.9 Å². The van der Waals surface area contributed by atoms with E-state index < -0.39 is 6.09 Å². The molecule has 0 aromatic heterocycles. The summed E-state index contributed by atoms with van der Waals surface area (Å²) in [5.74, 6) is 0. The largest absolute Gasteiger partial charge is 0.465 e. The van der Waals surface area contributed by atoms with E-state index >= 15 is 0 Å². The number of rotatable bonds is 1. The number of fused-ring (bicyclic) bond motifs is 1. The van der Waals surface area contributed by atoms with Gasteiger partial charge in [-0.15, -0.1) is 0 Å². The number of hydrogen-bond acceptors (Lipinski definition) is 3. The van der Waals surface area contributed by atoms with Gasteiger partial charge in [0, 0.05) is 22.5 Å². The van der Waals surface area contributed by atoms with E-state index in [2.05, 4.69) is 25.9 Å². The third-order valence-corrected chi connectivity index (χ3v) is 4.73. The number of hydrogen-bond donors (Lipinski definition) is 1. The molecule has 1 N–H and O–H groups in total. The number of carboxylic acid groups (broad SMARTS) is 1. The first kappa shape index (κ1) is 12.6. The van der Waals surface area contributed by atoms with Crippen LogP contribution >= 0.6 is 15.9 Å². The molecule has 100 valence electrons. The molecule has 3 aliphatic heterocycles. The van der Waals surface area contributed by atoms with Crippen molar-refractivity contribution in [1.29, 1.82) is 0 Å². The van der Waals surface area contributed by atoms with Gasteiger partial charge < -0.3 is 5.11 Å². The van der Waals surface area contributed by atoms with Crippen LogP contribution in [0.25, 0.3) is 0 Å². The molecule has 6 nitrogen and oxygen atoms in total. The summed E-state index contributed by atoms with van der Waals surface area (Å²) in [6, 6.07) is -0.169. The van der Waals surface area contributed by atoms with Crippen LogP contribution in [-0.2, 0) is 0 Å². The molecule has 0 aromatic carbocycles. The van der Waals surface area contributed by atoms with E-state index in [0.717, 1.165) is 29.0 Å². The third-order valence-electron chi connectivity index (χ3n) is 3.82. The third kappa shape index (κ3) is 1.76. The van der Waals surface area contributed by atoms with Gasteiger partial charge in [0.05, 0.1) is 25.5 Å². The molecule has 1 amide bonds. The standard InChI is InChI=1S/C12H13BrN4O2/c1-17-6-4-14-7-9(17)10(15-11(17)13)8-3-2-5-16(8)12(18)19/h4,6-8H,2-3,5H2,1H3/p+1. The van der Waals surface area contributed by atoms with E-state index in [-0.39, 0.29) is 6.04 Å². The average Bonchev–Trinajstić information content (AvgIpc) is 2.93. The van der Waals surface area contributed by atoms with Crippen molar-refractivity contribution in [2.75, 3.05) is 13.6 Å². The number of carbonyl (C=O) groups is 1. The summed E-state index contributed by atoms with van der Waals surface area (Å²) in [6.07, 6.45) is 6.23. The van der Waals surface area contributed by atoms with Crippen molar-refractivity contribution in [1.82, 2.24) is 4.90 Å². The summed E-state index contributed by atoms with van der Waals surface area (Å²) in [6.45, 7) is 0.570. The van der Waals surface area contributed by atoms with Crippen molar-refractivity contribution >= 4 is 33.0 Å². The molecule has 0 aromatic rings. The Hall–Kier alpha value is -1.47. The number of amidine groups is 1. The van der Waals surface area contributed by atoms with Crippen LogP contribution in [0.3, 0.4) is 0 Å². The van der Waals surface area contributed by atoms with E-state index in [9.17, 15) is 9.90 Å². The Labute approximate surface area is 119 Å². The van der Waals surface area contributed by atoms with Gasteiger partial charge in [0.1, 0.15) is 11.9 Å². The molecular weight excluding hydrogens is 312 g/mol. The normalized spacial score (nSPS) is 32.8. The van der Waals surface area contributed by atoms with Gasteiger partial charge in [-0.1, -0.05) is 0 Å². The van der Waals surface area contributed by atoms with Gasteiger partial charge in [-0.2, -0.15) is 4.99 Å². The quantitative estimate of drug-likeness (QED) is 0.592. The maximum Gasteiger partial charge on any atom is 0.407 e. The molecule has 2 atom stereocenters. The SMILES string of the molecule is C[N+]12C=CN=CC1=C(C1CCCN1C(=O)O)N=C2Br. The highest BCUT2D eigenvalue weighted by molar-refractivity contribution is 9.18. The summed E-state index contributed by atoms with van der Waals surface area (Å²) in [5, 5.41) is 9.26. The van der Waals surface area contributed by atoms with Crippen molar-refractivity contribution in [3.8, 4) is 0 Å². The molecule has 3 rings (SSSR count). The molecule has 0 bridgehead atoms. The predicted molar refractivity (Wildman–Crippen MR) is 75.0 cm³/mol. The zero-order valence-electron chi connectivity index (χ0n) is 10.5. The Balaban J connectivity index is 2.05. The van der Waals surface area contributed by atoms with Crippen LogP contribution in [0.5, 0.6) is 0 Å². The second-order valence-electron chi connectivity index (χ2n) is 4.94. The smallest absolute Gasteiger partial charge is 0.407 e. The molecule has 19 heavy (non-hydrogen) atoms. The van der Waals surface area contributed by atoms with E-state index in [0.29, 0.717) is 11.0 Å². The number of allylic oxidation sites excluding steroid dienone is 1. The predicted octanol–water partition coefficient (Wildman–Crippen LogP) is 2.11. The van der Waals surface area contributed by atoms with Gasteiger partial charge in [0.2, 0.25) is 0 Å². The lowest BCUT2D eigenvalue weighted by atomic mass is 10.1. The molecule has 2 unspecified atom stereocenters. The summed E-state index contributed by atoms with van der Waals surface area (Å²) < 4.78 is 1.18. The number of amides is 1. The first-order chi connectivity index (χ1) is 9.04. The first-order valence-corrected chi connectivity index (χ1v) is 6.89. The van der Waals surface area contributed by atoms with E-state index in [4.69, 9.17) is 0 Å². The maximum atomic E-state index is 11.3. The van der Waals surface area contributed by atoms with Crippen LogP contribution in [0.4, 0.5) is 4.79 Å². The number of aliphatic imine (C=N–C) groups is 2. The lowest BCUT2D eigenvalue weighted by Crippen LogP contribution is -2.41. The molecule has 0 saturated carbocycles. The zero-order valence-corrected chi connectivity index (χ0v) is 12.0. The van der Waals surface area contributed by atoms with Crippen LogP contribution < -0.4 is 0 Å². The van der Waals surface area contributed by atoms with Crippen molar-refractivity contribution in [3.63, 3.8) is 0 Å². The minimum atomic E-state index is -0.883. The molecule has 3 aliphatic rings. The van der Waals surface area contributed by atoms with Gasteiger partial charge in [0.25, 0.3) is 4.74 Å². The maximum absolute atomic E-state index is 11.3. The number of nitrogens with zero attached hydrogens (tertiary/aromatic N) is 4. The second kappa shape index (κ2) is 4.28. The van der Waals surface area contributed by atoms with Gasteiger partial charge in [-0.25, -0.2) is 9.28 Å². The van der Waals surface area contributed by atoms with Crippen LogP contribution in [0.2, 0.25) is 0 Å². The Kier molecular flexibility index (Phi) is 2.83. The molecule has 1 saturated heterocycles. The van der Waals surface area contributed by atoms with Gasteiger partial charge in [0.15, 0.2) is 5.70 Å². The minimum absolute atomic E-state index is 0.169. The van der Waals surface area contributed by atoms with Gasteiger partial charge in [-0.05, 0) is 12.8 Å². The monoisotopic (exact) mass is 325 g/mol. The highest BCUT2D eigenvalue weighted by Gasteiger charge is 2.45. The van der Waals surface area contributed by atoms with Gasteiger partial charge >= 0.3 is 6.09 Å². The van der Waals surface area contributed by atoms with Crippen LogP contribution in [0.15, 0.2) is 33.8 Å². The van der Waals surface area contributed by atoms with E-state index in [1.165, 1.54) is 4.90 Å². The molecule has 0 aliphatic carbocycles. The number of likely N-dealkylation sites (tertiary alicyclic amines) is 1. The minimum Gasteiger partial charge on any atom is -0.465 e. The fourth-order valence-corrected chi connectivity index (χ4v) is 3.24. The lowest BCUT2D eigenvalue weighted by Gasteiger charge is -2.26. The molecule has 0 radical (unpaired) electrons. The highest BCUT2D eigenvalue weighted by atomic mass is 79.9. The molecular formula is C12H14BrN4O2+. The summed E-state index contributed by atoms with van der Waals surface area (Å²) in [4.78, 5) is 21.5. The van der Waals surface area contributed by atoms with Crippen LogP contribution in [-0.4, -0.2) is 51.2 Å². The summed E-state index contributed by atoms with van der Waals surface area (Å²) in [5.41, 5.74) is 1.75. The fraction of sp³-hybridized carbons (Fsp3) is 0.417. The topological polar surface area (TPSA) is 65.3 Å². The Morgan fingerprint density at radius 1 is 1.63 bits per heavy atom. The van der Waals surface area contributed by atoms with Crippen molar-refractivity contribution in [3.05, 3.63) is 23.8 Å². The Morgan fingerprint density at radius 3 is 3.16 bits per heavy atom. The van der Waals surface area contributed by atoms with Gasteiger partial charge in [-0.3, -0.25) is 9.89 Å². The van der Waals surface area contributed by atoms with E-state index in [1.807, 2.05) is 13.2 Å². The van der Waals surface area contributed by atoms with Crippen LogP contribution in [0.1, 0.15) is 12.8 Å². The summed E-state index contributed by atoms with van der Waals surface area (Å²) >= 11 is 3.48. The second-order valence-corrected chi connectivity index (χ2v) is 5.65. The average molecular weight is 326 g/mol. The fourth-order valence-electron chi connectivity index (χ4n) is 2.74. The Bertz CT molecular complexity index is 566. The molecule has 3 heterocycles. The molecule has 0 spiro atoms.